The fourth-order valence-electron chi connectivity index (χ4n) is 0.973. The van der Waals surface area contributed by atoms with Gasteiger partial charge in [-0.25, -0.2) is 0 Å². The summed E-state index contributed by atoms with van der Waals surface area (Å²) in [6.45, 7) is 5.17. The molecule has 1 heteroatoms. The summed E-state index contributed by atoms with van der Waals surface area (Å²) in [5, 5.41) is 4.42. The molecule has 1 radical (unpaired) electrons. The Kier molecular flexibility index (Phi) is 2.96. The van der Waals surface area contributed by atoms with Gasteiger partial charge >= 0.3 is 0 Å². The minimum atomic E-state index is 0.935. The number of rotatable bonds is 3. The van der Waals surface area contributed by atoms with Crippen molar-refractivity contribution in [2.45, 2.75) is 20.3 Å². The van der Waals surface area contributed by atoms with Crippen LogP contribution >= 0.6 is 0 Å². The summed E-state index contributed by atoms with van der Waals surface area (Å²) >= 11 is 0. The van der Waals surface area contributed by atoms with Crippen molar-refractivity contribution in [3.8, 4) is 0 Å². The fraction of sp³-hybridized carbons (Fsp3) is 0.400. The lowest BCUT2D eigenvalue weighted by Crippen LogP contribution is -1.99. The smallest absolute Gasteiger partial charge is 0.0603 e. The molecule has 0 N–H and O–H groups in total. The molecule has 0 aromatic heterocycles. The molecule has 0 saturated carbocycles. The summed E-state index contributed by atoms with van der Waals surface area (Å²) in [6.07, 6.45) is 1.12. The normalized spacial score (nSPS) is 9.64. The van der Waals surface area contributed by atoms with E-state index in [2.05, 4.69) is 31.3 Å². The first-order valence-electron chi connectivity index (χ1n) is 4.07. The molecule has 0 heterocycles. The second-order valence-corrected chi connectivity index (χ2v) is 2.67. The molecule has 0 fully saturated rings. The molecule has 0 spiro atoms. The Morgan fingerprint density at radius 2 is 2.00 bits per heavy atom. The monoisotopic (exact) mass is 148 g/mol. The molecule has 0 amide bonds. The van der Waals surface area contributed by atoms with Gasteiger partial charge in [0, 0.05) is 6.54 Å². The van der Waals surface area contributed by atoms with E-state index < -0.39 is 0 Å². The molecule has 11 heavy (non-hydrogen) atoms. The molecule has 0 aliphatic rings. The van der Waals surface area contributed by atoms with Crippen LogP contribution in [0.4, 0.5) is 5.69 Å². The van der Waals surface area contributed by atoms with Crippen molar-refractivity contribution >= 4 is 5.69 Å². The van der Waals surface area contributed by atoms with Gasteiger partial charge < -0.3 is 0 Å². The lowest BCUT2D eigenvalue weighted by Gasteiger charge is -2.03. The molecule has 0 aliphatic heterocycles. The van der Waals surface area contributed by atoms with Gasteiger partial charge in [0.15, 0.2) is 0 Å². The maximum absolute atomic E-state index is 4.42. The highest BCUT2D eigenvalue weighted by Gasteiger charge is 1.94. The van der Waals surface area contributed by atoms with Gasteiger partial charge in [0.2, 0.25) is 0 Å². The summed E-state index contributed by atoms with van der Waals surface area (Å²) < 4.78 is 0. The number of hydrogen-bond donors (Lipinski definition) is 0. The summed E-state index contributed by atoms with van der Waals surface area (Å²) in [4.78, 5) is 0. The average Bonchev–Trinajstić information content (AvgIpc) is 2.03. The second-order valence-electron chi connectivity index (χ2n) is 2.67. The Balaban J connectivity index is 2.62. The van der Waals surface area contributed by atoms with E-state index in [9.17, 15) is 0 Å². The first-order valence-corrected chi connectivity index (χ1v) is 4.07. The van der Waals surface area contributed by atoms with E-state index >= 15 is 0 Å². The molecule has 0 bridgehead atoms. The third-order valence-electron chi connectivity index (χ3n) is 1.62. The zero-order chi connectivity index (χ0) is 8.10. The van der Waals surface area contributed by atoms with Gasteiger partial charge in [-0.15, -0.1) is 0 Å². The molecule has 1 aromatic rings. The topological polar surface area (TPSA) is 14.1 Å². The minimum absolute atomic E-state index is 0.935. The lowest BCUT2D eigenvalue weighted by atomic mass is 10.2. The van der Waals surface area contributed by atoms with Crippen LogP contribution in [-0.2, 0) is 0 Å². The van der Waals surface area contributed by atoms with Crippen LogP contribution in [0.3, 0.4) is 0 Å². The Morgan fingerprint density at radius 1 is 1.27 bits per heavy atom. The van der Waals surface area contributed by atoms with Crippen molar-refractivity contribution in [3.63, 3.8) is 0 Å². The van der Waals surface area contributed by atoms with E-state index in [0.29, 0.717) is 0 Å². The van der Waals surface area contributed by atoms with Gasteiger partial charge in [-0.2, -0.15) is 0 Å². The van der Waals surface area contributed by atoms with Crippen LogP contribution < -0.4 is 5.32 Å². The molecular weight excluding hydrogens is 134 g/mol. The molecule has 0 atom stereocenters. The van der Waals surface area contributed by atoms with E-state index in [-0.39, 0.29) is 0 Å². The maximum atomic E-state index is 4.42. The standard InChI is InChI=1S/C10H14N/c1-3-8-11-10-7-5-4-6-9(10)2/h4-7H,3,8H2,1-2H3. The summed E-state index contributed by atoms with van der Waals surface area (Å²) in [7, 11) is 0. The predicted molar refractivity (Wildman–Crippen MR) is 48.1 cm³/mol. The van der Waals surface area contributed by atoms with E-state index in [4.69, 9.17) is 0 Å². The van der Waals surface area contributed by atoms with Gasteiger partial charge in [0.25, 0.3) is 0 Å². The molecule has 1 nitrogen and oxygen atoms in total. The quantitative estimate of drug-likeness (QED) is 0.625. The number of para-hydroxylation sites is 1. The van der Waals surface area contributed by atoms with Crippen LogP contribution in [0.1, 0.15) is 18.9 Å². The second kappa shape index (κ2) is 4.02. The predicted octanol–water partition coefficient (Wildman–Crippen LogP) is 2.64. The minimum Gasteiger partial charge on any atom is -0.285 e. The third-order valence-corrected chi connectivity index (χ3v) is 1.62. The number of hydrogen-bond acceptors (Lipinski definition) is 0. The lowest BCUT2D eigenvalue weighted by molar-refractivity contribution is 0.801. The van der Waals surface area contributed by atoms with Crippen molar-refractivity contribution in [1.82, 2.24) is 5.32 Å². The largest absolute Gasteiger partial charge is 0.285 e. The van der Waals surface area contributed by atoms with E-state index in [1.807, 2.05) is 12.1 Å². The Labute approximate surface area is 68.4 Å². The van der Waals surface area contributed by atoms with Crippen LogP contribution in [0.25, 0.3) is 0 Å². The van der Waals surface area contributed by atoms with Crippen LogP contribution in [0.15, 0.2) is 24.3 Å². The van der Waals surface area contributed by atoms with Crippen LogP contribution in [0.5, 0.6) is 0 Å². The van der Waals surface area contributed by atoms with Gasteiger partial charge in [-0.05, 0) is 25.0 Å². The highest BCUT2D eigenvalue weighted by atomic mass is 14.9. The Morgan fingerprint density at radius 3 is 2.64 bits per heavy atom. The van der Waals surface area contributed by atoms with Crippen LogP contribution in [0, 0.1) is 6.92 Å². The molecule has 1 rings (SSSR count). The van der Waals surface area contributed by atoms with Crippen molar-refractivity contribution in [3.05, 3.63) is 29.8 Å². The molecule has 1 aromatic carbocycles. The van der Waals surface area contributed by atoms with Crippen molar-refractivity contribution < 1.29 is 0 Å². The fourth-order valence-corrected chi connectivity index (χ4v) is 0.973. The van der Waals surface area contributed by atoms with Gasteiger partial charge in [-0.1, -0.05) is 25.1 Å². The SMILES string of the molecule is CCC[N]c1ccccc1C. The zero-order valence-corrected chi connectivity index (χ0v) is 7.17. The summed E-state index contributed by atoms with van der Waals surface area (Å²) in [5.41, 5.74) is 2.40. The molecule has 59 valence electrons. The van der Waals surface area contributed by atoms with Gasteiger partial charge in [0.05, 0.1) is 5.69 Å². The molecule has 0 saturated heterocycles. The highest BCUT2D eigenvalue weighted by molar-refractivity contribution is 5.43. The first kappa shape index (κ1) is 8.12. The van der Waals surface area contributed by atoms with Crippen molar-refractivity contribution in [2.75, 3.05) is 6.54 Å². The first-order chi connectivity index (χ1) is 5.34. The maximum Gasteiger partial charge on any atom is 0.0603 e. The Bertz CT molecular complexity index is 218. The van der Waals surface area contributed by atoms with Gasteiger partial charge in [0.1, 0.15) is 0 Å². The van der Waals surface area contributed by atoms with Gasteiger partial charge in [-0.3, -0.25) is 5.32 Å². The zero-order valence-electron chi connectivity index (χ0n) is 7.17. The van der Waals surface area contributed by atoms with Crippen LogP contribution in [0.2, 0.25) is 0 Å². The summed E-state index contributed by atoms with van der Waals surface area (Å²) in [5.74, 6) is 0. The van der Waals surface area contributed by atoms with Crippen molar-refractivity contribution in [1.29, 1.82) is 0 Å². The Hall–Kier alpha value is -0.980. The number of benzene rings is 1. The van der Waals surface area contributed by atoms with Crippen LogP contribution in [-0.4, -0.2) is 6.54 Å². The van der Waals surface area contributed by atoms with E-state index in [0.717, 1.165) is 18.7 Å². The average molecular weight is 148 g/mol. The number of aryl methyl sites for hydroxylation is 1. The third kappa shape index (κ3) is 2.26. The molecule has 0 aliphatic carbocycles. The highest BCUT2D eigenvalue weighted by Crippen LogP contribution is 2.12. The summed E-state index contributed by atoms with van der Waals surface area (Å²) in [6, 6.07) is 8.22. The van der Waals surface area contributed by atoms with E-state index in [1.165, 1.54) is 5.56 Å². The molecule has 0 unspecified atom stereocenters. The number of nitrogens with zero attached hydrogens (tertiary/aromatic N) is 1. The molecular formula is C10H14N. The van der Waals surface area contributed by atoms with E-state index in [1.54, 1.807) is 0 Å². The van der Waals surface area contributed by atoms with Crippen molar-refractivity contribution in [2.24, 2.45) is 0 Å².